The molecule has 0 unspecified atom stereocenters. The van der Waals surface area contributed by atoms with E-state index in [2.05, 4.69) is 5.32 Å². The van der Waals surface area contributed by atoms with E-state index in [1.54, 1.807) is 18.4 Å². The average molecular weight is 365 g/mol. The Morgan fingerprint density at radius 2 is 1.95 bits per heavy atom. The summed E-state index contributed by atoms with van der Waals surface area (Å²) in [5, 5.41) is 11.6. The molecule has 1 N–H and O–H groups in total. The van der Waals surface area contributed by atoms with E-state index in [1.165, 1.54) is 24.3 Å². The van der Waals surface area contributed by atoms with Crippen LogP contribution >= 0.6 is 22.6 Å². The summed E-state index contributed by atoms with van der Waals surface area (Å²) in [5.74, 6) is -0.425. The molecule has 0 aliphatic rings. The maximum Gasteiger partial charge on any atom is 0.235 e. The summed E-state index contributed by atoms with van der Waals surface area (Å²) in [4.78, 5) is 10.8. The van der Waals surface area contributed by atoms with Gasteiger partial charge in [-0.1, -0.05) is 0 Å². The molecule has 0 aromatic heterocycles. The molecule has 0 aliphatic carbocycles. The molecular formula is C14H7FIN2O. The van der Waals surface area contributed by atoms with Gasteiger partial charge < -0.3 is 5.32 Å². The largest absolute Gasteiger partial charge is 0.352 e. The highest BCUT2D eigenvalue weighted by molar-refractivity contribution is 14.1. The molecule has 5 heteroatoms. The van der Waals surface area contributed by atoms with Crippen LogP contribution in [0.25, 0.3) is 0 Å². The number of nitriles is 1. The molecule has 0 fully saturated rings. The lowest BCUT2D eigenvalue weighted by atomic mass is 10.1. The molecule has 0 spiro atoms. The zero-order chi connectivity index (χ0) is 13.8. The third-order valence-electron chi connectivity index (χ3n) is 2.46. The van der Waals surface area contributed by atoms with E-state index in [0.717, 1.165) is 3.57 Å². The zero-order valence-corrected chi connectivity index (χ0v) is 11.7. The minimum Gasteiger partial charge on any atom is -0.352 e. The molecule has 3 nitrogen and oxygen atoms in total. The first-order valence-electron chi connectivity index (χ1n) is 5.28. The molecule has 2 aromatic carbocycles. The van der Waals surface area contributed by atoms with Crippen LogP contribution < -0.4 is 5.32 Å². The molecule has 0 amide bonds. The van der Waals surface area contributed by atoms with Crippen LogP contribution in [0.3, 0.4) is 0 Å². The summed E-state index contributed by atoms with van der Waals surface area (Å²) in [7, 11) is 0. The second kappa shape index (κ2) is 5.80. The van der Waals surface area contributed by atoms with Crippen LogP contribution in [0.5, 0.6) is 0 Å². The smallest absolute Gasteiger partial charge is 0.235 e. The molecule has 1 radical (unpaired) electrons. The lowest BCUT2D eigenvalue weighted by Gasteiger charge is -2.10. The molecule has 19 heavy (non-hydrogen) atoms. The second-order valence-electron chi connectivity index (χ2n) is 3.72. The minimum absolute atomic E-state index is 0.243. The average Bonchev–Trinajstić information content (AvgIpc) is 2.41. The topological polar surface area (TPSA) is 52.9 Å². The number of benzene rings is 2. The van der Waals surface area contributed by atoms with Crippen LogP contribution in [0.4, 0.5) is 15.8 Å². The summed E-state index contributed by atoms with van der Waals surface area (Å²) >= 11 is 2.01. The van der Waals surface area contributed by atoms with Crippen molar-refractivity contribution in [2.75, 3.05) is 5.32 Å². The number of rotatable bonds is 3. The van der Waals surface area contributed by atoms with E-state index in [9.17, 15) is 9.18 Å². The van der Waals surface area contributed by atoms with Crippen LogP contribution in [0.1, 0.15) is 11.1 Å². The number of nitrogens with one attached hydrogen (secondary N) is 1. The second-order valence-corrected chi connectivity index (χ2v) is 4.97. The van der Waals surface area contributed by atoms with E-state index < -0.39 is 5.82 Å². The van der Waals surface area contributed by atoms with Crippen molar-refractivity contribution in [1.29, 1.82) is 5.26 Å². The predicted molar refractivity (Wildman–Crippen MR) is 78.4 cm³/mol. The first-order valence-corrected chi connectivity index (χ1v) is 6.36. The summed E-state index contributed by atoms with van der Waals surface area (Å²) < 4.78 is 14.5. The number of carbonyl (C=O) groups excluding carboxylic acids is 1. The van der Waals surface area contributed by atoms with Crippen molar-refractivity contribution in [3.63, 3.8) is 0 Å². The number of hydrogen-bond acceptors (Lipinski definition) is 3. The van der Waals surface area contributed by atoms with Crippen molar-refractivity contribution in [2.45, 2.75) is 0 Å². The summed E-state index contributed by atoms with van der Waals surface area (Å²) in [6.07, 6.45) is 1.75. The third-order valence-corrected chi connectivity index (χ3v) is 3.13. The van der Waals surface area contributed by atoms with Crippen molar-refractivity contribution >= 4 is 40.3 Å². The molecule has 0 saturated carbocycles. The van der Waals surface area contributed by atoms with E-state index in [1.807, 2.05) is 28.7 Å². The fraction of sp³-hybridized carbons (Fsp3) is 0. The van der Waals surface area contributed by atoms with Gasteiger partial charge in [-0.15, -0.1) is 0 Å². The van der Waals surface area contributed by atoms with Crippen molar-refractivity contribution in [3.8, 4) is 6.07 Å². The van der Waals surface area contributed by atoms with Gasteiger partial charge in [0.2, 0.25) is 6.29 Å². The first kappa shape index (κ1) is 13.5. The number of anilines is 2. The van der Waals surface area contributed by atoms with E-state index in [-0.39, 0.29) is 11.3 Å². The van der Waals surface area contributed by atoms with E-state index in [4.69, 9.17) is 5.26 Å². The van der Waals surface area contributed by atoms with Gasteiger partial charge in [-0.3, -0.25) is 4.79 Å². The SMILES string of the molecule is N#Cc1ccc([C]=O)c(Nc2ccc(I)cc2F)c1. The van der Waals surface area contributed by atoms with E-state index >= 15 is 0 Å². The van der Waals surface area contributed by atoms with Gasteiger partial charge in [0.25, 0.3) is 0 Å². The molecule has 93 valence electrons. The van der Waals surface area contributed by atoms with E-state index in [0.29, 0.717) is 11.3 Å². The Kier molecular flexibility index (Phi) is 4.12. The van der Waals surface area contributed by atoms with Gasteiger partial charge in [-0.25, -0.2) is 4.39 Å². The monoisotopic (exact) mass is 365 g/mol. The lowest BCUT2D eigenvalue weighted by molar-refractivity contribution is 0.563. The molecule has 2 aromatic rings. The van der Waals surface area contributed by atoms with Crippen LogP contribution in [0.2, 0.25) is 0 Å². The van der Waals surface area contributed by atoms with Gasteiger partial charge in [-0.2, -0.15) is 5.26 Å². The summed E-state index contributed by atoms with van der Waals surface area (Å²) in [5.41, 5.74) is 1.23. The fourth-order valence-corrected chi connectivity index (χ4v) is 2.00. The fourth-order valence-electron chi connectivity index (χ4n) is 1.54. The Bertz CT molecular complexity index is 680. The summed E-state index contributed by atoms with van der Waals surface area (Å²) in [6.45, 7) is 0. The van der Waals surface area contributed by atoms with Crippen LogP contribution in [0.15, 0.2) is 36.4 Å². The zero-order valence-electron chi connectivity index (χ0n) is 9.58. The molecule has 2 rings (SSSR count). The lowest BCUT2D eigenvalue weighted by Crippen LogP contribution is -1.98. The van der Waals surface area contributed by atoms with Crippen molar-refractivity contribution in [3.05, 3.63) is 56.9 Å². The number of nitrogens with zero attached hydrogens (tertiary/aromatic N) is 1. The van der Waals surface area contributed by atoms with Gasteiger partial charge in [-0.05, 0) is 59.0 Å². The van der Waals surface area contributed by atoms with Gasteiger partial charge in [0.15, 0.2) is 0 Å². The molecular weight excluding hydrogens is 358 g/mol. The molecule has 0 saturated heterocycles. The van der Waals surface area contributed by atoms with Gasteiger partial charge >= 0.3 is 0 Å². The van der Waals surface area contributed by atoms with Crippen LogP contribution in [-0.2, 0) is 4.79 Å². The Balaban J connectivity index is 2.42. The number of hydrogen-bond donors (Lipinski definition) is 1. The Morgan fingerprint density at radius 3 is 2.58 bits per heavy atom. The van der Waals surface area contributed by atoms with Gasteiger partial charge in [0.05, 0.1) is 23.0 Å². The first-order chi connectivity index (χ1) is 9.13. The summed E-state index contributed by atoms with van der Waals surface area (Å²) in [6, 6.07) is 11.1. The minimum atomic E-state index is -0.425. The predicted octanol–water partition coefficient (Wildman–Crippen LogP) is 3.50. The van der Waals surface area contributed by atoms with Crippen LogP contribution in [0, 0.1) is 20.7 Å². The van der Waals surface area contributed by atoms with Gasteiger partial charge in [0, 0.05) is 9.13 Å². The maximum atomic E-state index is 13.7. The van der Waals surface area contributed by atoms with Crippen molar-refractivity contribution in [1.82, 2.24) is 0 Å². The highest BCUT2D eigenvalue weighted by atomic mass is 127. The molecule has 0 atom stereocenters. The Labute approximate surface area is 123 Å². The van der Waals surface area contributed by atoms with Crippen molar-refractivity contribution in [2.24, 2.45) is 0 Å². The number of halogens is 2. The maximum absolute atomic E-state index is 13.7. The standard InChI is InChI=1S/C14H7FIN2O/c15-12-6-11(16)3-4-13(12)18-14-5-9(7-17)1-2-10(14)8-19/h1-6,18H. The molecule has 0 aliphatic heterocycles. The highest BCUT2D eigenvalue weighted by Gasteiger charge is 2.08. The highest BCUT2D eigenvalue weighted by Crippen LogP contribution is 2.24. The molecule has 0 bridgehead atoms. The normalized spacial score (nSPS) is 9.74. The Morgan fingerprint density at radius 1 is 1.16 bits per heavy atom. The molecule has 0 heterocycles. The Hall–Kier alpha value is -1.94. The third kappa shape index (κ3) is 3.09. The van der Waals surface area contributed by atoms with Crippen LogP contribution in [-0.4, -0.2) is 6.29 Å². The van der Waals surface area contributed by atoms with Gasteiger partial charge in [0.1, 0.15) is 5.82 Å². The van der Waals surface area contributed by atoms with Crippen molar-refractivity contribution < 1.29 is 9.18 Å². The quantitative estimate of drug-likeness (QED) is 0.848.